The van der Waals surface area contributed by atoms with Gasteiger partial charge in [-0.05, 0) is 37.5 Å². The number of fused-ring (bicyclic) bond motifs is 1. The fourth-order valence-electron chi connectivity index (χ4n) is 3.65. The van der Waals surface area contributed by atoms with E-state index >= 15 is 0 Å². The molecule has 1 N–H and O–H groups in total. The highest BCUT2D eigenvalue weighted by Gasteiger charge is 2.32. The molecule has 1 aromatic carbocycles. The van der Waals surface area contributed by atoms with Crippen LogP contribution < -0.4 is 5.32 Å². The lowest BCUT2D eigenvalue weighted by Crippen LogP contribution is -2.39. The van der Waals surface area contributed by atoms with Crippen LogP contribution in [0.2, 0.25) is 0 Å². The van der Waals surface area contributed by atoms with E-state index in [0.717, 1.165) is 37.3 Å². The first kappa shape index (κ1) is 20.2. The summed E-state index contributed by atoms with van der Waals surface area (Å²) in [4.78, 5) is 0.0185. The number of benzene rings is 1. The number of hydrogen-bond acceptors (Lipinski definition) is 5. The van der Waals surface area contributed by atoms with Gasteiger partial charge in [0.25, 0.3) is 0 Å². The molecular weight excluding hydrogens is 393 g/mol. The molecule has 0 unspecified atom stereocenters. The maximum atomic E-state index is 13.8. The molecule has 0 atom stereocenters. The van der Waals surface area contributed by atoms with Crippen molar-refractivity contribution < 1.29 is 12.8 Å². The summed E-state index contributed by atoms with van der Waals surface area (Å²) in [5.74, 6) is 1.61. The number of rotatable bonds is 3. The summed E-state index contributed by atoms with van der Waals surface area (Å²) >= 11 is 0. The van der Waals surface area contributed by atoms with E-state index in [1.54, 1.807) is 6.92 Å². The van der Waals surface area contributed by atoms with Gasteiger partial charge in [-0.3, -0.25) is 0 Å². The third kappa shape index (κ3) is 3.73. The Morgan fingerprint density at radius 3 is 2.63 bits per heavy atom. The van der Waals surface area contributed by atoms with Crippen LogP contribution in [0.25, 0.3) is 0 Å². The van der Waals surface area contributed by atoms with Crippen molar-refractivity contribution in [2.75, 3.05) is 19.6 Å². The van der Waals surface area contributed by atoms with E-state index in [2.05, 4.69) is 20.1 Å². The van der Waals surface area contributed by atoms with Crippen LogP contribution in [0.3, 0.4) is 0 Å². The average molecular weight is 416 g/mol. The second-order valence-electron chi connectivity index (χ2n) is 6.89. The minimum absolute atomic E-state index is 0. The number of sulfonamides is 1. The number of aryl methyl sites for hydroxylation is 1. The van der Waals surface area contributed by atoms with Gasteiger partial charge in [-0.25, -0.2) is 12.8 Å². The molecule has 2 aliphatic heterocycles. The molecule has 0 amide bonds. The molecule has 0 radical (unpaired) electrons. The van der Waals surface area contributed by atoms with Crippen LogP contribution in [0.4, 0.5) is 4.39 Å². The standard InChI is InChI=1S/C17H22FN5O2S.ClH/c1-12-2-3-14(10-15(12)18)26(24,25)22-7-4-13(5-8-22)17-21-20-16-11-19-6-9-23(16)17;/h2-3,10,13,19H,4-9,11H2,1H3;1H. The monoisotopic (exact) mass is 415 g/mol. The second-order valence-corrected chi connectivity index (χ2v) is 8.83. The molecule has 0 aliphatic carbocycles. The maximum Gasteiger partial charge on any atom is 0.243 e. The van der Waals surface area contributed by atoms with Gasteiger partial charge in [0.05, 0.1) is 11.4 Å². The number of piperidine rings is 1. The SMILES string of the molecule is Cc1ccc(S(=O)(=O)N2CCC(c3nnc4n3CCNC4)CC2)cc1F.Cl. The van der Waals surface area contributed by atoms with Crippen LogP contribution in [0, 0.1) is 12.7 Å². The van der Waals surface area contributed by atoms with Crippen molar-refractivity contribution in [3.8, 4) is 0 Å². The van der Waals surface area contributed by atoms with E-state index in [1.807, 2.05) is 0 Å². The molecule has 2 aliphatic rings. The Balaban J connectivity index is 0.00000210. The number of hydrogen-bond donors (Lipinski definition) is 1. The zero-order valence-corrected chi connectivity index (χ0v) is 16.7. The fourth-order valence-corrected chi connectivity index (χ4v) is 5.14. The Bertz CT molecular complexity index is 925. The molecule has 0 spiro atoms. The first-order valence-corrected chi connectivity index (χ1v) is 10.3. The molecule has 27 heavy (non-hydrogen) atoms. The van der Waals surface area contributed by atoms with Crippen LogP contribution in [-0.4, -0.2) is 47.1 Å². The summed E-state index contributed by atoms with van der Waals surface area (Å²) in [6.07, 6.45) is 1.39. The van der Waals surface area contributed by atoms with Crippen LogP contribution in [-0.2, 0) is 23.1 Å². The molecule has 3 heterocycles. The molecule has 10 heteroatoms. The summed E-state index contributed by atoms with van der Waals surface area (Å²) in [5, 5.41) is 11.9. The summed E-state index contributed by atoms with van der Waals surface area (Å²) in [6, 6.07) is 4.09. The number of nitrogens with zero attached hydrogens (tertiary/aromatic N) is 4. The molecule has 1 fully saturated rings. The minimum atomic E-state index is -3.67. The predicted octanol–water partition coefficient (Wildman–Crippen LogP) is 1.82. The molecule has 148 valence electrons. The van der Waals surface area contributed by atoms with Gasteiger partial charge in [0, 0.05) is 32.1 Å². The molecule has 7 nitrogen and oxygen atoms in total. The number of halogens is 2. The van der Waals surface area contributed by atoms with Gasteiger partial charge >= 0.3 is 0 Å². The number of aromatic nitrogens is 3. The maximum absolute atomic E-state index is 13.8. The normalized spacial score (nSPS) is 18.7. The van der Waals surface area contributed by atoms with Crippen molar-refractivity contribution in [1.82, 2.24) is 24.4 Å². The lowest BCUT2D eigenvalue weighted by Gasteiger charge is -2.31. The van der Waals surface area contributed by atoms with E-state index in [9.17, 15) is 12.8 Å². The highest BCUT2D eigenvalue weighted by Crippen LogP contribution is 2.30. The lowest BCUT2D eigenvalue weighted by atomic mass is 9.97. The van der Waals surface area contributed by atoms with E-state index in [4.69, 9.17) is 0 Å². The summed E-state index contributed by atoms with van der Waals surface area (Å²) in [7, 11) is -3.67. The van der Waals surface area contributed by atoms with Crippen molar-refractivity contribution in [2.24, 2.45) is 0 Å². The van der Waals surface area contributed by atoms with Gasteiger partial charge in [-0.1, -0.05) is 6.07 Å². The van der Waals surface area contributed by atoms with Crippen molar-refractivity contribution in [3.05, 3.63) is 41.2 Å². The first-order chi connectivity index (χ1) is 12.5. The van der Waals surface area contributed by atoms with Gasteiger partial charge in [0.15, 0.2) is 0 Å². The smallest absolute Gasteiger partial charge is 0.243 e. The minimum Gasteiger partial charge on any atom is -0.312 e. The second kappa shape index (κ2) is 7.83. The molecule has 2 aromatic rings. The largest absolute Gasteiger partial charge is 0.312 e. The molecule has 1 aromatic heterocycles. The Kier molecular flexibility index (Phi) is 5.85. The van der Waals surface area contributed by atoms with Gasteiger partial charge < -0.3 is 9.88 Å². The summed E-state index contributed by atoms with van der Waals surface area (Å²) in [5.41, 5.74) is 0.439. The molecular formula is C17H23ClFN5O2S. The molecule has 0 bridgehead atoms. The van der Waals surface area contributed by atoms with Crippen LogP contribution >= 0.6 is 12.4 Å². The quantitative estimate of drug-likeness (QED) is 0.827. The highest BCUT2D eigenvalue weighted by atomic mass is 35.5. The number of nitrogens with one attached hydrogen (secondary N) is 1. The van der Waals surface area contributed by atoms with Gasteiger partial charge in [-0.2, -0.15) is 4.31 Å². The van der Waals surface area contributed by atoms with Crippen LogP contribution in [0.1, 0.15) is 36.0 Å². The fraction of sp³-hybridized carbons (Fsp3) is 0.529. The van der Waals surface area contributed by atoms with Crippen molar-refractivity contribution in [2.45, 2.75) is 43.7 Å². The molecule has 0 saturated carbocycles. The summed E-state index contributed by atoms with van der Waals surface area (Å²) in [6.45, 7) is 4.89. The molecule has 1 saturated heterocycles. The molecule has 4 rings (SSSR count). The van der Waals surface area contributed by atoms with E-state index in [0.29, 0.717) is 31.5 Å². The van der Waals surface area contributed by atoms with Crippen molar-refractivity contribution >= 4 is 22.4 Å². The third-order valence-corrected chi connectivity index (χ3v) is 7.15. The Morgan fingerprint density at radius 2 is 1.93 bits per heavy atom. The van der Waals surface area contributed by atoms with Crippen LogP contribution in [0.15, 0.2) is 23.1 Å². The van der Waals surface area contributed by atoms with Crippen LogP contribution in [0.5, 0.6) is 0 Å². The van der Waals surface area contributed by atoms with E-state index < -0.39 is 15.8 Å². The zero-order chi connectivity index (χ0) is 18.3. The van der Waals surface area contributed by atoms with Crippen molar-refractivity contribution in [1.29, 1.82) is 0 Å². The Hall–Kier alpha value is -1.55. The summed E-state index contributed by atoms with van der Waals surface area (Å²) < 4.78 is 43.0. The zero-order valence-electron chi connectivity index (χ0n) is 15.1. The van der Waals surface area contributed by atoms with E-state index in [-0.39, 0.29) is 23.2 Å². The van der Waals surface area contributed by atoms with E-state index in [1.165, 1.54) is 16.4 Å². The highest BCUT2D eigenvalue weighted by molar-refractivity contribution is 7.89. The average Bonchev–Trinajstić information content (AvgIpc) is 3.08. The Morgan fingerprint density at radius 1 is 1.19 bits per heavy atom. The van der Waals surface area contributed by atoms with Gasteiger partial charge in [0.2, 0.25) is 10.0 Å². The topological polar surface area (TPSA) is 80.1 Å². The first-order valence-electron chi connectivity index (χ1n) is 8.86. The Labute approximate surface area is 164 Å². The van der Waals surface area contributed by atoms with Gasteiger partial charge in [0.1, 0.15) is 17.5 Å². The third-order valence-electron chi connectivity index (χ3n) is 5.25. The predicted molar refractivity (Wildman–Crippen MR) is 101 cm³/mol. The van der Waals surface area contributed by atoms with Crippen molar-refractivity contribution in [3.63, 3.8) is 0 Å². The lowest BCUT2D eigenvalue weighted by molar-refractivity contribution is 0.307. The van der Waals surface area contributed by atoms with Gasteiger partial charge in [-0.15, -0.1) is 22.6 Å².